The third kappa shape index (κ3) is 5.14. The summed E-state index contributed by atoms with van der Waals surface area (Å²) >= 11 is 3.35. The summed E-state index contributed by atoms with van der Waals surface area (Å²) in [4.78, 5) is 11.6. The fourth-order valence-electron chi connectivity index (χ4n) is 1.34. The van der Waals surface area contributed by atoms with Crippen LogP contribution in [0.3, 0.4) is 0 Å². The van der Waals surface area contributed by atoms with Gasteiger partial charge in [0.1, 0.15) is 0 Å². The molecular weight excluding hydrogens is 238 g/mol. The molecule has 0 spiro atoms. The van der Waals surface area contributed by atoms with E-state index in [0.717, 1.165) is 25.0 Å². The Morgan fingerprint density at radius 2 is 2.44 bits per heavy atom. The quantitative estimate of drug-likeness (QED) is 0.778. The van der Waals surface area contributed by atoms with E-state index in [4.69, 9.17) is 5.73 Å². The van der Waals surface area contributed by atoms with Gasteiger partial charge in [0, 0.05) is 5.75 Å². The number of thioether (sulfide) groups is 1. The first-order valence-corrected chi connectivity index (χ1v) is 7.71. The van der Waals surface area contributed by atoms with E-state index in [9.17, 15) is 4.79 Å². The van der Waals surface area contributed by atoms with Gasteiger partial charge in [-0.05, 0) is 28.8 Å². The second-order valence-electron chi connectivity index (χ2n) is 3.84. The maximum Gasteiger partial charge on any atom is 0.159 e. The number of carbonyl (C=O) groups excluding carboxylic acids is 1. The van der Waals surface area contributed by atoms with Crippen molar-refractivity contribution in [2.75, 3.05) is 5.75 Å². The number of nitrogens with two attached hydrogens (primary N) is 1. The predicted molar refractivity (Wildman–Crippen MR) is 73.0 cm³/mol. The zero-order valence-corrected chi connectivity index (χ0v) is 11.3. The molecule has 0 fully saturated rings. The van der Waals surface area contributed by atoms with E-state index in [-0.39, 0.29) is 11.8 Å². The normalized spacial score (nSPS) is 12.6. The summed E-state index contributed by atoms with van der Waals surface area (Å²) in [6, 6.07) is 1.84. The molecule has 2 N–H and O–H groups in total. The first kappa shape index (κ1) is 13.7. The van der Waals surface area contributed by atoms with Crippen molar-refractivity contribution in [1.82, 2.24) is 0 Å². The van der Waals surface area contributed by atoms with Crippen LogP contribution in [0.4, 0.5) is 0 Å². The highest BCUT2D eigenvalue weighted by Crippen LogP contribution is 2.15. The first-order valence-electron chi connectivity index (χ1n) is 5.61. The van der Waals surface area contributed by atoms with Gasteiger partial charge in [0.25, 0.3) is 0 Å². The smallest absolute Gasteiger partial charge is 0.159 e. The highest BCUT2D eigenvalue weighted by molar-refractivity contribution is 7.99. The number of carbonyl (C=O) groups is 1. The second-order valence-corrected chi connectivity index (χ2v) is 5.61. The van der Waals surface area contributed by atoms with E-state index in [1.165, 1.54) is 5.56 Å². The van der Waals surface area contributed by atoms with Gasteiger partial charge in [0.15, 0.2) is 5.78 Å². The van der Waals surface area contributed by atoms with Crippen molar-refractivity contribution in [2.45, 2.75) is 38.0 Å². The maximum atomic E-state index is 11.6. The average molecular weight is 257 g/mol. The fourth-order valence-corrected chi connectivity index (χ4v) is 3.04. The molecule has 0 bridgehead atoms. The SMILES string of the molecule is CCCCC(N)C(=O)CSCc1ccsc1. The largest absolute Gasteiger partial charge is 0.321 e. The number of rotatable bonds is 8. The number of unbranched alkanes of at least 4 members (excludes halogenated alkanes) is 1. The molecule has 1 aromatic rings. The summed E-state index contributed by atoms with van der Waals surface area (Å²) in [6.45, 7) is 2.11. The van der Waals surface area contributed by atoms with Gasteiger partial charge in [-0.2, -0.15) is 11.3 Å². The van der Waals surface area contributed by atoms with E-state index in [2.05, 4.69) is 23.8 Å². The zero-order chi connectivity index (χ0) is 11.8. The molecular formula is C12H19NOS2. The molecule has 90 valence electrons. The van der Waals surface area contributed by atoms with Crippen LogP contribution in [-0.2, 0) is 10.5 Å². The van der Waals surface area contributed by atoms with Crippen LogP contribution in [0.15, 0.2) is 16.8 Å². The molecule has 1 rings (SSSR count). The number of hydrogen-bond donors (Lipinski definition) is 1. The number of thiophene rings is 1. The van der Waals surface area contributed by atoms with Crippen LogP contribution in [0.2, 0.25) is 0 Å². The van der Waals surface area contributed by atoms with Crippen LogP contribution in [0.1, 0.15) is 31.7 Å². The van der Waals surface area contributed by atoms with Gasteiger partial charge in [-0.1, -0.05) is 19.8 Å². The Kier molecular flexibility index (Phi) is 6.76. The van der Waals surface area contributed by atoms with Gasteiger partial charge < -0.3 is 5.73 Å². The Labute approximate surface area is 106 Å². The van der Waals surface area contributed by atoms with E-state index in [0.29, 0.717) is 5.75 Å². The molecule has 16 heavy (non-hydrogen) atoms. The lowest BCUT2D eigenvalue weighted by atomic mass is 10.1. The Bertz CT molecular complexity index is 298. The van der Waals surface area contributed by atoms with Gasteiger partial charge >= 0.3 is 0 Å². The average Bonchev–Trinajstić information content (AvgIpc) is 2.78. The van der Waals surface area contributed by atoms with Crippen LogP contribution in [0.5, 0.6) is 0 Å². The van der Waals surface area contributed by atoms with Crippen LogP contribution in [0.25, 0.3) is 0 Å². The van der Waals surface area contributed by atoms with Crippen molar-refractivity contribution in [3.05, 3.63) is 22.4 Å². The molecule has 0 radical (unpaired) electrons. The topological polar surface area (TPSA) is 43.1 Å². The summed E-state index contributed by atoms with van der Waals surface area (Å²) in [5, 5.41) is 4.18. The van der Waals surface area contributed by atoms with Crippen LogP contribution >= 0.6 is 23.1 Å². The van der Waals surface area contributed by atoms with Gasteiger partial charge in [-0.15, -0.1) is 11.8 Å². The monoisotopic (exact) mass is 257 g/mol. The maximum absolute atomic E-state index is 11.6. The van der Waals surface area contributed by atoms with Gasteiger partial charge in [0.2, 0.25) is 0 Å². The minimum Gasteiger partial charge on any atom is -0.321 e. The van der Waals surface area contributed by atoms with Crippen molar-refractivity contribution in [1.29, 1.82) is 0 Å². The van der Waals surface area contributed by atoms with E-state index in [1.807, 2.05) is 0 Å². The van der Waals surface area contributed by atoms with Gasteiger partial charge in [-0.3, -0.25) is 4.79 Å². The molecule has 0 aliphatic carbocycles. The highest BCUT2D eigenvalue weighted by atomic mass is 32.2. The summed E-state index contributed by atoms with van der Waals surface area (Å²) < 4.78 is 0. The fraction of sp³-hybridized carbons (Fsp3) is 0.583. The molecule has 0 aromatic carbocycles. The Hall–Kier alpha value is -0.320. The highest BCUT2D eigenvalue weighted by Gasteiger charge is 2.12. The number of ketones is 1. The molecule has 2 nitrogen and oxygen atoms in total. The molecule has 0 saturated carbocycles. The third-order valence-electron chi connectivity index (χ3n) is 2.38. The molecule has 4 heteroatoms. The van der Waals surface area contributed by atoms with Crippen molar-refractivity contribution in [3.8, 4) is 0 Å². The van der Waals surface area contributed by atoms with Crippen molar-refractivity contribution in [3.63, 3.8) is 0 Å². The van der Waals surface area contributed by atoms with E-state index >= 15 is 0 Å². The van der Waals surface area contributed by atoms with Crippen LogP contribution < -0.4 is 5.73 Å². The summed E-state index contributed by atoms with van der Waals surface area (Å²) in [5.41, 5.74) is 7.10. The molecule has 1 aromatic heterocycles. The molecule has 1 atom stereocenters. The lowest BCUT2D eigenvalue weighted by molar-refractivity contribution is -0.117. The summed E-state index contributed by atoms with van der Waals surface area (Å²) in [6.07, 6.45) is 2.97. The van der Waals surface area contributed by atoms with Crippen LogP contribution in [-0.4, -0.2) is 17.6 Å². The van der Waals surface area contributed by atoms with Gasteiger partial charge in [-0.25, -0.2) is 0 Å². The standard InChI is InChI=1S/C12H19NOS2/c1-2-3-4-11(13)12(14)9-16-8-10-5-6-15-7-10/h5-7,11H,2-4,8-9,13H2,1H3. The number of Topliss-reactive ketones (excluding diaryl/α,β-unsaturated/α-hetero) is 1. The van der Waals surface area contributed by atoms with Crippen molar-refractivity contribution in [2.24, 2.45) is 5.73 Å². The van der Waals surface area contributed by atoms with Gasteiger partial charge in [0.05, 0.1) is 11.8 Å². The lowest BCUT2D eigenvalue weighted by Crippen LogP contribution is -2.31. The molecule has 0 aliphatic rings. The van der Waals surface area contributed by atoms with E-state index in [1.54, 1.807) is 23.1 Å². The lowest BCUT2D eigenvalue weighted by Gasteiger charge is -2.09. The molecule has 1 heterocycles. The third-order valence-corrected chi connectivity index (χ3v) is 4.13. The Morgan fingerprint density at radius 1 is 1.62 bits per heavy atom. The second kappa shape index (κ2) is 7.87. The van der Waals surface area contributed by atoms with Crippen molar-refractivity contribution >= 4 is 28.9 Å². The molecule has 0 amide bonds. The Balaban J connectivity index is 2.14. The molecule has 1 unspecified atom stereocenters. The van der Waals surface area contributed by atoms with Crippen molar-refractivity contribution < 1.29 is 4.79 Å². The van der Waals surface area contributed by atoms with E-state index < -0.39 is 0 Å². The summed E-state index contributed by atoms with van der Waals surface area (Å²) in [5.74, 6) is 1.64. The van der Waals surface area contributed by atoms with Crippen LogP contribution in [0, 0.1) is 0 Å². The predicted octanol–water partition coefficient (Wildman–Crippen LogP) is 3.07. The minimum atomic E-state index is -0.255. The minimum absolute atomic E-state index is 0.189. The summed E-state index contributed by atoms with van der Waals surface area (Å²) in [7, 11) is 0. The number of hydrogen-bond acceptors (Lipinski definition) is 4. The molecule has 0 saturated heterocycles. The molecule has 0 aliphatic heterocycles. The Morgan fingerprint density at radius 3 is 3.06 bits per heavy atom. The zero-order valence-electron chi connectivity index (χ0n) is 9.65. The first-order chi connectivity index (χ1) is 7.74.